The summed E-state index contributed by atoms with van der Waals surface area (Å²) in [6.07, 6.45) is -5.44. The van der Waals surface area contributed by atoms with Gasteiger partial charge in [-0.05, 0) is 12.8 Å². The smallest absolute Gasteiger partial charge is 0.394 e. The van der Waals surface area contributed by atoms with Crippen molar-refractivity contribution < 1.29 is 32.9 Å². The number of nitrogens with one attached hydrogen (secondary N) is 2. The van der Waals surface area contributed by atoms with E-state index in [0.717, 1.165) is 4.57 Å². The van der Waals surface area contributed by atoms with E-state index in [1.165, 1.54) is 6.20 Å². The van der Waals surface area contributed by atoms with E-state index in [1.807, 2.05) is 0 Å². The number of amides is 1. The fourth-order valence-electron chi connectivity index (χ4n) is 2.64. The van der Waals surface area contributed by atoms with Crippen LogP contribution in [0.3, 0.4) is 0 Å². The number of hydrogen-bond donors (Lipinski definition) is 4. The van der Waals surface area contributed by atoms with Crippen molar-refractivity contribution >= 4 is 5.91 Å². The predicted molar refractivity (Wildman–Crippen MR) is 92.7 cm³/mol. The Labute approximate surface area is 162 Å². The molecule has 2 rings (SSSR count). The first kappa shape index (κ1) is 22.7. The third kappa shape index (κ3) is 6.18. The van der Waals surface area contributed by atoms with Crippen molar-refractivity contribution in [2.24, 2.45) is 0 Å². The maximum absolute atomic E-state index is 12.0. The molecule has 1 aliphatic rings. The Hall–Kier alpha value is -2.62. The van der Waals surface area contributed by atoms with Gasteiger partial charge in [0.2, 0.25) is 0 Å². The van der Waals surface area contributed by atoms with Crippen LogP contribution in [0, 0.1) is 11.8 Å². The quantitative estimate of drug-likeness (QED) is 0.359. The second kappa shape index (κ2) is 9.73. The lowest BCUT2D eigenvalue weighted by Gasteiger charge is -2.14. The van der Waals surface area contributed by atoms with Gasteiger partial charge in [0.1, 0.15) is 17.9 Å². The highest BCUT2D eigenvalue weighted by molar-refractivity contribution is 5.81. The molecule has 0 aliphatic carbocycles. The lowest BCUT2D eigenvalue weighted by Crippen LogP contribution is -2.37. The molecule has 1 aromatic rings. The SMILES string of the molecule is O=C(NCCCCC#Cc1cn([C@@H]2CC(O)[C@H](CO)O2)c(=O)[nH]c1=O)C(F)(F)F. The summed E-state index contributed by atoms with van der Waals surface area (Å²) < 4.78 is 42.5. The van der Waals surface area contributed by atoms with E-state index >= 15 is 0 Å². The number of aliphatic hydroxyl groups excluding tert-OH is 2. The van der Waals surface area contributed by atoms with Crippen molar-refractivity contribution in [3.05, 3.63) is 32.6 Å². The highest BCUT2D eigenvalue weighted by Crippen LogP contribution is 2.27. The molecule has 160 valence electrons. The molecule has 1 unspecified atom stereocenters. The molecule has 1 aromatic heterocycles. The monoisotopic (exact) mass is 419 g/mol. The van der Waals surface area contributed by atoms with Crippen LogP contribution in [0.2, 0.25) is 0 Å². The van der Waals surface area contributed by atoms with Gasteiger partial charge < -0.3 is 20.3 Å². The number of nitrogens with zero attached hydrogens (tertiary/aromatic N) is 1. The number of carbonyl (C=O) groups is 1. The number of alkyl halides is 3. The molecular weight excluding hydrogens is 399 g/mol. The van der Waals surface area contributed by atoms with Crippen molar-refractivity contribution in [1.82, 2.24) is 14.9 Å². The van der Waals surface area contributed by atoms with Crippen molar-refractivity contribution in [2.45, 2.75) is 50.3 Å². The van der Waals surface area contributed by atoms with Crippen LogP contribution in [-0.2, 0) is 9.53 Å². The second-order valence-corrected chi connectivity index (χ2v) is 6.34. The van der Waals surface area contributed by atoms with E-state index in [0.29, 0.717) is 6.42 Å². The fraction of sp³-hybridized carbons (Fsp3) is 0.588. The molecular formula is C17H20F3N3O6. The Morgan fingerprint density at radius 1 is 1.38 bits per heavy atom. The second-order valence-electron chi connectivity index (χ2n) is 6.34. The summed E-state index contributed by atoms with van der Waals surface area (Å²) in [6.45, 7) is -0.579. The van der Waals surface area contributed by atoms with Gasteiger partial charge in [0.25, 0.3) is 5.56 Å². The van der Waals surface area contributed by atoms with Crippen LogP contribution in [0.15, 0.2) is 15.8 Å². The molecule has 0 radical (unpaired) electrons. The minimum atomic E-state index is -4.92. The number of halogens is 3. The van der Waals surface area contributed by atoms with Gasteiger partial charge in [0.05, 0.1) is 12.7 Å². The Morgan fingerprint density at radius 3 is 2.72 bits per heavy atom. The number of hydrogen-bond acceptors (Lipinski definition) is 6. The van der Waals surface area contributed by atoms with Gasteiger partial charge in [0.15, 0.2) is 0 Å². The van der Waals surface area contributed by atoms with E-state index in [9.17, 15) is 32.7 Å². The number of unbranched alkanes of at least 4 members (excludes halogenated alkanes) is 2. The zero-order chi connectivity index (χ0) is 21.6. The maximum atomic E-state index is 12.0. The van der Waals surface area contributed by atoms with Crippen molar-refractivity contribution in [2.75, 3.05) is 13.2 Å². The summed E-state index contributed by atoms with van der Waals surface area (Å²) in [5, 5.41) is 20.6. The van der Waals surface area contributed by atoms with Gasteiger partial charge >= 0.3 is 17.8 Å². The first-order chi connectivity index (χ1) is 13.6. The van der Waals surface area contributed by atoms with Gasteiger partial charge in [-0.25, -0.2) is 4.79 Å². The van der Waals surface area contributed by atoms with Gasteiger partial charge in [-0.1, -0.05) is 11.8 Å². The molecule has 1 saturated heterocycles. The molecule has 1 fully saturated rings. The Bertz CT molecular complexity index is 899. The Morgan fingerprint density at radius 2 is 2.10 bits per heavy atom. The molecule has 12 heteroatoms. The van der Waals surface area contributed by atoms with Gasteiger partial charge in [0, 0.05) is 25.6 Å². The molecule has 1 aliphatic heterocycles. The molecule has 2 heterocycles. The standard InChI is InChI=1S/C17H20F3N3O6/c18-17(19,20)15(27)21-6-4-2-1-3-5-10-8-23(16(28)22-14(10)26)13-7-11(25)12(9-24)29-13/h8,11-13,24-25H,1-2,4,6-7,9H2,(H,21,27)(H,22,26,28)/t11?,12-,13-/m0/s1. The molecule has 4 N–H and O–H groups in total. The van der Waals surface area contributed by atoms with E-state index < -0.39 is 48.4 Å². The molecule has 9 nitrogen and oxygen atoms in total. The highest BCUT2D eigenvalue weighted by atomic mass is 19.4. The van der Waals surface area contributed by atoms with Gasteiger partial charge in [-0.3, -0.25) is 19.1 Å². The Kier molecular flexibility index (Phi) is 7.60. The molecule has 0 spiro atoms. The van der Waals surface area contributed by atoms with Crippen molar-refractivity contribution in [1.29, 1.82) is 0 Å². The highest BCUT2D eigenvalue weighted by Gasteiger charge is 2.38. The number of aromatic nitrogens is 2. The molecule has 3 atom stereocenters. The predicted octanol–water partition coefficient (Wildman–Crippen LogP) is -0.622. The average Bonchev–Trinajstić information content (AvgIpc) is 3.01. The lowest BCUT2D eigenvalue weighted by atomic mass is 10.2. The number of rotatable bonds is 6. The van der Waals surface area contributed by atoms with Crippen LogP contribution in [0.25, 0.3) is 0 Å². The van der Waals surface area contributed by atoms with Crippen LogP contribution in [0.1, 0.15) is 37.5 Å². The molecule has 0 saturated carbocycles. The summed E-state index contributed by atoms with van der Waals surface area (Å²) >= 11 is 0. The molecule has 0 bridgehead atoms. The summed E-state index contributed by atoms with van der Waals surface area (Å²) in [5.74, 6) is 3.25. The van der Waals surface area contributed by atoms with E-state index in [1.54, 1.807) is 5.32 Å². The van der Waals surface area contributed by atoms with E-state index in [4.69, 9.17) is 9.84 Å². The van der Waals surface area contributed by atoms with Crippen LogP contribution >= 0.6 is 0 Å². The first-order valence-corrected chi connectivity index (χ1v) is 8.77. The summed E-state index contributed by atoms with van der Waals surface area (Å²) in [5.41, 5.74) is -1.49. The minimum Gasteiger partial charge on any atom is -0.394 e. The minimum absolute atomic E-state index is 0.0273. The normalized spacial score (nSPS) is 21.5. The summed E-state index contributed by atoms with van der Waals surface area (Å²) in [6, 6.07) is 0. The van der Waals surface area contributed by atoms with E-state index in [2.05, 4.69) is 16.8 Å². The molecule has 29 heavy (non-hydrogen) atoms. The van der Waals surface area contributed by atoms with Crippen molar-refractivity contribution in [3.8, 4) is 11.8 Å². The Balaban J connectivity index is 1.93. The number of carbonyl (C=O) groups excluding carboxylic acids is 1. The molecule has 0 aromatic carbocycles. The van der Waals surface area contributed by atoms with Crippen LogP contribution < -0.4 is 16.6 Å². The van der Waals surface area contributed by atoms with Crippen LogP contribution in [0.5, 0.6) is 0 Å². The van der Waals surface area contributed by atoms with Gasteiger partial charge in [-0.2, -0.15) is 13.2 Å². The number of aliphatic hydroxyl groups is 2. The third-order valence-electron chi connectivity index (χ3n) is 4.16. The number of ether oxygens (including phenoxy) is 1. The third-order valence-corrected chi connectivity index (χ3v) is 4.16. The largest absolute Gasteiger partial charge is 0.471 e. The summed E-state index contributed by atoms with van der Waals surface area (Å²) in [7, 11) is 0. The zero-order valence-corrected chi connectivity index (χ0v) is 15.2. The molecule has 1 amide bonds. The van der Waals surface area contributed by atoms with Gasteiger partial charge in [-0.15, -0.1) is 0 Å². The van der Waals surface area contributed by atoms with E-state index in [-0.39, 0.29) is 31.4 Å². The maximum Gasteiger partial charge on any atom is 0.471 e. The van der Waals surface area contributed by atoms with Crippen molar-refractivity contribution in [3.63, 3.8) is 0 Å². The number of H-pyrrole nitrogens is 1. The summed E-state index contributed by atoms with van der Waals surface area (Å²) in [4.78, 5) is 36.6. The first-order valence-electron chi connectivity index (χ1n) is 8.77. The fourth-order valence-corrected chi connectivity index (χ4v) is 2.64. The number of aromatic amines is 1. The van der Waals surface area contributed by atoms with Crippen LogP contribution in [0.4, 0.5) is 13.2 Å². The topological polar surface area (TPSA) is 134 Å². The van der Waals surface area contributed by atoms with Crippen LogP contribution in [-0.4, -0.2) is 57.2 Å². The zero-order valence-electron chi connectivity index (χ0n) is 15.2. The lowest BCUT2D eigenvalue weighted by molar-refractivity contribution is -0.173. The average molecular weight is 419 g/mol.